The topological polar surface area (TPSA) is 26.0 Å². The summed E-state index contributed by atoms with van der Waals surface area (Å²) in [6, 6.07) is 0. The van der Waals surface area contributed by atoms with Gasteiger partial charge in [-0.1, -0.05) is 33.1 Å². The van der Waals surface area contributed by atoms with Crippen molar-refractivity contribution >= 4 is 0 Å². The van der Waals surface area contributed by atoms with Crippen LogP contribution in [0.15, 0.2) is 0 Å². The van der Waals surface area contributed by atoms with Gasteiger partial charge in [0.15, 0.2) is 0 Å². The third kappa shape index (κ3) is 3.61. The van der Waals surface area contributed by atoms with Crippen LogP contribution in [0.1, 0.15) is 58.8 Å². The Bertz CT molecular complexity index is 144. The lowest BCUT2D eigenvalue weighted by Gasteiger charge is -2.37. The molecule has 1 aliphatic carbocycles. The highest BCUT2D eigenvalue weighted by atomic mass is 14.5. The highest BCUT2D eigenvalue weighted by molar-refractivity contribution is 4.80. The zero-order chi connectivity index (χ0) is 10.4. The summed E-state index contributed by atoms with van der Waals surface area (Å²) < 4.78 is 0. The van der Waals surface area contributed by atoms with E-state index in [9.17, 15) is 0 Å². The van der Waals surface area contributed by atoms with Gasteiger partial charge in [-0.15, -0.1) is 0 Å². The van der Waals surface area contributed by atoms with Crippen molar-refractivity contribution < 1.29 is 0 Å². The number of nitrogens with two attached hydrogens (primary N) is 1. The molecular formula is C13H27N. The molecule has 0 aromatic rings. The molecule has 0 aliphatic heterocycles. The predicted octanol–water partition coefficient (Wildman–Crippen LogP) is 3.58. The molecule has 0 saturated heterocycles. The third-order valence-corrected chi connectivity index (χ3v) is 3.94. The summed E-state index contributed by atoms with van der Waals surface area (Å²) in [6.45, 7) is 5.44. The lowest BCUT2D eigenvalue weighted by molar-refractivity contribution is 0.141. The fourth-order valence-corrected chi connectivity index (χ4v) is 2.48. The molecule has 0 heterocycles. The SMILES string of the molecule is CCCCC1CC[C@@H]1CCC(C)CN. The molecule has 0 aromatic carbocycles. The molecule has 2 unspecified atom stereocenters. The molecule has 0 radical (unpaired) electrons. The van der Waals surface area contributed by atoms with Crippen LogP contribution < -0.4 is 5.73 Å². The van der Waals surface area contributed by atoms with Crippen LogP contribution in [0, 0.1) is 17.8 Å². The minimum Gasteiger partial charge on any atom is -0.330 e. The first kappa shape index (κ1) is 12.0. The van der Waals surface area contributed by atoms with Crippen molar-refractivity contribution in [2.45, 2.75) is 58.8 Å². The molecule has 1 saturated carbocycles. The lowest BCUT2D eigenvalue weighted by Crippen LogP contribution is -2.26. The van der Waals surface area contributed by atoms with Gasteiger partial charge in [0.25, 0.3) is 0 Å². The molecule has 1 fully saturated rings. The molecular weight excluding hydrogens is 170 g/mol. The van der Waals surface area contributed by atoms with Gasteiger partial charge in [0.1, 0.15) is 0 Å². The Labute approximate surface area is 89.5 Å². The maximum Gasteiger partial charge on any atom is -0.00515 e. The quantitative estimate of drug-likeness (QED) is 0.663. The second-order valence-corrected chi connectivity index (χ2v) is 5.16. The highest BCUT2D eigenvalue weighted by Gasteiger charge is 2.29. The Morgan fingerprint density at radius 1 is 1.21 bits per heavy atom. The minimum absolute atomic E-state index is 0.738. The maximum absolute atomic E-state index is 5.63. The summed E-state index contributed by atoms with van der Waals surface area (Å²) in [6.07, 6.45) is 10.1. The summed E-state index contributed by atoms with van der Waals surface area (Å²) >= 11 is 0. The van der Waals surface area contributed by atoms with Gasteiger partial charge in [-0.2, -0.15) is 0 Å². The number of hydrogen-bond acceptors (Lipinski definition) is 1. The molecule has 2 N–H and O–H groups in total. The van der Waals surface area contributed by atoms with E-state index in [1.54, 1.807) is 0 Å². The fraction of sp³-hybridized carbons (Fsp3) is 1.00. The molecule has 1 nitrogen and oxygen atoms in total. The van der Waals surface area contributed by atoms with Gasteiger partial charge >= 0.3 is 0 Å². The van der Waals surface area contributed by atoms with Crippen LogP contribution >= 0.6 is 0 Å². The first-order valence-corrected chi connectivity index (χ1v) is 6.48. The Morgan fingerprint density at radius 3 is 2.36 bits per heavy atom. The van der Waals surface area contributed by atoms with E-state index in [1.807, 2.05) is 0 Å². The van der Waals surface area contributed by atoms with Crippen molar-refractivity contribution in [3.05, 3.63) is 0 Å². The van der Waals surface area contributed by atoms with E-state index in [-0.39, 0.29) is 0 Å². The van der Waals surface area contributed by atoms with Crippen LogP contribution in [0.25, 0.3) is 0 Å². The highest BCUT2D eigenvalue weighted by Crippen LogP contribution is 2.41. The van der Waals surface area contributed by atoms with Gasteiger partial charge in [-0.3, -0.25) is 0 Å². The van der Waals surface area contributed by atoms with Crippen LogP contribution in [0.2, 0.25) is 0 Å². The summed E-state index contributed by atoms with van der Waals surface area (Å²) in [4.78, 5) is 0. The lowest BCUT2D eigenvalue weighted by atomic mass is 9.68. The molecule has 0 spiro atoms. The predicted molar refractivity (Wildman–Crippen MR) is 63.2 cm³/mol. The number of rotatable bonds is 7. The largest absolute Gasteiger partial charge is 0.330 e. The van der Waals surface area contributed by atoms with E-state index < -0.39 is 0 Å². The molecule has 0 amide bonds. The third-order valence-electron chi connectivity index (χ3n) is 3.94. The van der Waals surface area contributed by atoms with Gasteiger partial charge in [-0.05, 0) is 50.0 Å². The van der Waals surface area contributed by atoms with Crippen LogP contribution in [-0.4, -0.2) is 6.54 Å². The first-order chi connectivity index (χ1) is 6.77. The second kappa shape index (κ2) is 6.44. The monoisotopic (exact) mass is 197 g/mol. The van der Waals surface area contributed by atoms with Gasteiger partial charge in [0.2, 0.25) is 0 Å². The Kier molecular flexibility index (Phi) is 5.54. The molecule has 1 heteroatoms. The molecule has 1 aliphatic rings. The van der Waals surface area contributed by atoms with Gasteiger partial charge in [0, 0.05) is 0 Å². The van der Waals surface area contributed by atoms with Gasteiger partial charge in [-0.25, -0.2) is 0 Å². The first-order valence-electron chi connectivity index (χ1n) is 6.48. The smallest absolute Gasteiger partial charge is 0.00515 e. The molecule has 0 bridgehead atoms. The Hall–Kier alpha value is -0.0400. The number of hydrogen-bond donors (Lipinski definition) is 1. The zero-order valence-electron chi connectivity index (χ0n) is 9.97. The minimum atomic E-state index is 0.738. The van der Waals surface area contributed by atoms with E-state index in [4.69, 9.17) is 5.73 Å². The standard InChI is InChI=1S/C13H27N/c1-3-4-5-12-8-9-13(12)7-6-11(2)10-14/h11-13H,3-10,14H2,1-2H3/t11?,12?,13-/m0/s1. The average Bonchev–Trinajstić information content (AvgIpc) is 2.16. The van der Waals surface area contributed by atoms with Gasteiger partial charge < -0.3 is 5.73 Å². The normalized spacial score (nSPS) is 28.5. The van der Waals surface area contributed by atoms with Crippen molar-refractivity contribution in [3.8, 4) is 0 Å². The van der Waals surface area contributed by atoms with Crippen molar-refractivity contribution in [2.24, 2.45) is 23.5 Å². The van der Waals surface area contributed by atoms with Crippen molar-refractivity contribution in [1.29, 1.82) is 0 Å². The van der Waals surface area contributed by atoms with Crippen LogP contribution in [0.3, 0.4) is 0 Å². The zero-order valence-corrected chi connectivity index (χ0v) is 9.97. The van der Waals surface area contributed by atoms with Crippen molar-refractivity contribution in [3.63, 3.8) is 0 Å². The summed E-state index contributed by atoms with van der Waals surface area (Å²) in [5.41, 5.74) is 5.63. The van der Waals surface area contributed by atoms with Crippen LogP contribution in [0.5, 0.6) is 0 Å². The summed E-state index contributed by atoms with van der Waals surface area (Å²) in [5, 5.41) is 0. The van der Waals surface area contributed by atoms with E-state index in [1.165, 1.54) is 44.9 Å². The number of unbranched alkanes of at least 4 members (excludes halogenated alkanes) is 1. The second-order valence-electron chi connectivity index (χ2n) is 5.16. The van der Waals surface area contributed by atoms with E-state index in [0.717, 1.165) is 24.3 Å². The Balaban J connectivity index is 2.07. The van der Waals surface area contributed by atoms with E-state index >= 15 is 0 Å². The van der Waals surface area contributed by atoms with Crippen molar-refractivity contribution in [2.75, 3.05) is 6.54 Å². The summed E-state index contributed by atoms with van der Waals surface area (Å²) in [7, 11) is 0. The molecule has 3 atom stereocenters. The Morgan fingerprint density at radius 2 is 1.86 bits per heavy atom. The molecule has 0 aromatic heterocycles. The van der Waals surface area contributed by atoms with Gasteiger partial charge in [0.05, 0.1) is 0 Å². The molecule has 14 heavy (non-hydrogen) atoms. The molecule has 84 valence electrons. The van der Waals surface area contributed by atoms with E-state index in [0.29, 0.717) is 0 Å². The van der Waals surface area contributed by atoms with Crippen LogP contribution in [-0.2, 0) is 0 Å². The average molecular weight is 197 g/mol. The van der Waals surface area contributed by atoms with Crippen molar-refractivity contribution in [1.82, 2.24) is 0 Å². The van der Waals surface area contributed by atoms with Crippen LogP contribution in [0.4, 0.5) is 0 Å². The molecule has 1 rings (SSSR count). The van der Waals surface area contributed by atoms with E-state index in [2.05, 4.69) is 13.8 Å². The summed E-state index contributed by atoms with van der Waals surface area (Å²) in [5.74, 6) is 2.86. The fourth-order valence-electron chi connectivity index (χ4n) is 2.48. The maximum atomic E-state index is 5.63.